The molecule has 25 heavy (non-hydrogen) atoms. The molecule has 3 heteroatoms. The van der Waals surface area contributed by atoms with Crippen LogP contribution < -0.4 is 0 Å². The van der Waals surface area contributed by atoms with Crippen LogP contribution in [0, 0.1) is 40.6 Å². The molecule has 0 heterocycles. The van der Waals surface area contributed by atoms with Gasteiger partial charge in [-0.25, -0.2) is 13.2 Å². The zero-order chi connectivity index (χ0) is 17.8. The van der Waals surface area contributed by atoms with E-state index >= 15 is 4.39 Å². The van der Waals surface area contributed by atoms with Crippen LogP contribution in [0.25, 0.3) is 11.1 Å². The fourth-order valence-electron chi connectivity index (χ4n) is 5.05. The molecule has 0 amide bonds. The van der Waals surface area contributed by atoms with E-state index in [-0.39, 0.29) is 16.9 Å². The van der Waals surface area contributed by atoms with Gasteiger partial charge >= 0.3 is 0 Å². The Balaban J connectivity index is 1.65. The summed E-state index contributed by atoms with van der Waals surface area (Å²) in [4.78, 5) is 0. The Morgan fingerprint density at radius 3 is 2.28 bits per heavy atom. The third kappa shape index (κ3) is 2.88. The van der Waals surface area contributed by atoms with Crippen LogP contribution in [0.4, 0.5) is 13.2 Å². The molecular formula is C22H23F3. The van der Waals surface area contributed by atoms with Gasteiger partial charge in [0, 0.05) is 11.6 Å². The monoisotopic (exact) mass is 344 g/mol. The van der Waals surface area contributed by atoms with Crippen molar-refractivity contribution in [1.29, 1.82) is 0 Å². The second kappa shape index (κ2) is 5.89. The van der Waals surface area contributed by atoms with E-state index in [1.807, 2.05) is 6.07 Å². The van der Waals surface area contributed by atoms with Crippen molar-refractivity contribution in [3.05, 3.63) is 59.4 Å². The van der Waals surface area contributed by atoms with E-state index in [1.165, 1.54) is 31.4 Å². The summed E-state index contributed by atoms with van der Waals surface area (Å²) in [6, 6.07) is 8.37. The largest absolute Gasteiger partial charge is 0.207 e. The molecule has 132 valence electrons. The van der Waals surface area contributed by atoms with Gasteiger partial charge in [0.1, 0.15) is 17.5 Å². The SMILES string of the molecule is CC1CC2(CC2)C(C)C1Cc1cccc(-c2cc(F)cc(F)c2)c1F. The van der Waals surface area contributed by atoms with Gasteiger partial charge in [-0.3, -0.25) is 0 Å². The molecule has 2 saturated carbocycles. The molecule has 1 spiro atoms. The third-order valence-corrected chi connectivity index (χ3v) is 6.67. The van der Waals surface area contributed by atoms with Crippen LogP contribution >= 0.6 is 0 Å². The van der Waals surface area contributed by atoms with Gasteiger partial charge in [-0.05, 0) is 72.1 Å². The number of rotatable bonds is 3. The quantitative estimate of drug-likeness (QED) is 0.605. The summed E-state index contributed by atoms with van der Waals surface area (Å²) >= 11 is 0. The maximum absolute atomic E-state index is 15.1. The molecule has 3 unspecified atom stereocenters. The minimum Gasteiger partial charge on any atom is -0.207 e. The van der Waals surface area contributed by atoms with E-state index in [2.05, 4.69) is 13.8 Å². The molecule has 0 saturated heterocycles. The molecule has 4 rings (SSSR count). The Morgan fingerprint density at radius 1 is 1.00 bits per heavy atom. The van der Waals surface area contributed by atoms with Crippen LogP contribution in [0.3, 0.4) is 0 Å². The highest BCUT2D eigenvalue weighted by molar-refractivity contribution is 5.65. The van der Waals surface area contributed by atoms with Crippen LogP contribution in [0.5, 0.6) is 0 Å². The summed E-state index contributed by atoms with van der Waals surface area (Å²) in [5.41, 5.74) is 1.69. The van der Waals surface area contributed by atoms with Crippen LogP contribution in [0.2, 0.25) is 0 Å². The van der Waals surface area contributed by atoms with Crippen molar-refractivity contribution in [2.45, 2.75) is 39.5 Å². The predicted octanol–water partition coefficient (Wildman–Crippen LogP) is 6.39. The van der Waals surface area contributed by atoms with Gasteiger partial charge in [-0.2, -0.15) is 0 Å². The molecule has 3 atom stereocenters. The average Bonchev–Trinajstić information content (AvgIpc) is 3.28. The van der Waals surface area contributed by atoms with Gasteiger partial charge in [0.05, 0.1) is 0 Å². The normalized spacial score (nSPS) is 27.0. The van der Waals surface area contributed by atoms with Crippen molar-refractivity contribution in [3.63, 3.8) is 0 Å². The summed E-state index contributed by atoms with van der Waals surface area (Å²) in [7, 11) is 0. The summed E-state index contributed by atoms with van der Waals surface area (Å²) < 4.78 is 42.1. The minimum atomic E-state index is -0.687. The first-order valence-corrected chi connectivity index (χ1v) is 9.13. The molecule has 2 aliphatic rings. The molecule has 2 aromatic carbocycles. The number of halogens is 3. The van der Waals surface area contributed by atoms with Crippen molar-refractivity contribution in [2.75, 3.05) is 0 Å². The predicted molar refractivity (Wildman–Crippen MR) is 93.6 cm³/mol. The van der Waals surface area contributed by atoms with Crippen molar-refractivity contribution >= 4 is 0 Å². The van der Waals surface area contributed by atoms with Gasteiger partial charge < -0.3 is 0 Å². The highest BCUT2D eigenvalue weighted by atomic mass is 19.1. The lowest BCUT2D eigenvalue weighted by molar-refractivity contribution is 0.298. The molecular weight excluding hydrogens is 321 g/mol. The Morgan fingerprint density at radius 2 is 1.68 bits per heavy atom. The first kappa shape index (κ1) is 16.7. The van der Waals surface area contributed by atoms with Crippen molar-refractivity contribution in [1.82, 2.24) is 0 Å². The standard InChI is InChI=1S/C22H23F3/c1-13-12-22(6-7-22)14(2)20(13)10-15-4-3-5-19(21(15)25)16-8-17(23)11-18(24)9-16/h3-5,8-9,11,13-14,20H,6-7,10,12H2,1-2H3. The van der Waals surface area contributed by atoms with E-state index in [4.69, 9.17) is 0 Å². The molecule has 0 bridgehead atoms. The molecule has 0 aliphatic heterocycles. The third-order valence-electron chi connectivity index (χ3n) is 6.67. The van der Waals surface area contributed by atoms with E-state index in [0.717, 1.165) is 6.07 Å². The zero-order valence-electron chi connectivity index (χ0n) is 14.7. The van der Waals surface area contributed by atoms with E-state index in [0.29, 0.717) is 35.2 Å². The van der Waals surface area contributed by atoms with Crippen molar-refractivity contribution in [3.8, 4) is 11.1 Å². The number of hydrogen-bond acceptors (Lipinski definition) is 0. The zero-order valence-corrected chi connectivity index (χ0v) is 14.7. The molecule has 0 radical (unpaired) electrons. The van der Waals surface area contributed by atoms with Gasteiger partial charge in [0.25, 0.3) is 0 Å². The Kier molecular flexibility index (Phi) is 3.93. The van der Waals surface area contributed by atoms with Gasteiger partial charge in [-0.15, -0.1) is 0 Å². The first-order valence-electron chi connectivity index (χ1n) is 9.13. The lowest BCUT2D eigenvalue weighted by Gasteiger charge is -2.23. The smallest absolute Gasteiger partial charge is 0.134 e. The van der Waals surface area contributed by atoms with Crippen LogP contribution in [-0.4, -0.2) is 0 Å². The number of benzene rings is 2. The van der Waals surface area contributed by atoms with E-state index in [9.17, 15) is 8.78 Å². The first-order chi connectivity index (χ1) is 11.9. The topological polar surface area (TPSA) is 0 Å². The van der Waals surface area contributed by atoms with Crippen LogP contribution in [-0.2, 0) is 6.42 Å². The van der Waals surface area contributed by atoms with E-state index in [1.54, 1.807) is 12.1 Å². The Bertz CT molecular complexity index is 787. The highest BCUT2D eigenvalue weighted by Gasteiger charge is 2.56. The minimum absolute atomic E-state index is 0.253. The van der Waals surface area contributed by atoms with Crippen molar-refractivity contribution < 1.29 is 13.2 Å². The molecule has 0 nitrogen and oxygen atoms in total. The van der Waals surface area contributed by atoms with Crippen LogP contribution in [0.15, 0.2) is 36.4 Å². The molecule has 2 fully saturated rings. The maximum Gasteiger partial charge on any atom is 0.134 e. The van der Waals surface area contributed by atoms with Gasteiger partial charge in [0.15, 0.2) is 0 Å². The lowest BCUT2D eigenvalue weighted by atomic mass is 9.82. The summed E-state index contributed by atoms with van der Waals surface area (Å²) in [6.45, 7) is 4.59. The molecule has 0 aromatic heterocycles. The molecule has 2 aliphatic carbocycles. The average molecular weight is 344 g/mol. The summed E-state index contributed by atoms with van der Waals surface area (Å²) in [5.74, 6) is -0.0495. The maximum atomic E-state index is 15.1. The lowest BCUT2D eigenvalue weighted by Crippen LogP contribution is -2.17. The summed E-state index contributed by atoms with van der Waals surface area (Å²) in [5, 5.41) is 0. The van der Waals surface area contributed by atoms with E-state index < -0.39 is 11.6 Å². The summed E-state index contributed by atoms with van der Waals surface area (Å²) in [6.07, 6.45) is 4.55. The van der Waals surface area contributed by atoms with Gasteiger partial charge in [-0.1, -0.05) is 32.0 Å². The number of hydrogen-bond donors (Lipinski definition) is 0. The van der Waals surface area contributed by atoms with Gasteiger partial charge in [0.2, 0.25) is 0 Å². The Labute approximate surface area is 147 Å². The fourth-order valence-corrected chi connectivity index (χ4v) is 5.05. The fraction of sp³-hybridized carbons (Fsp3) is 0.455. The van der Waals surface area contributed by atoms with Crippen molar-refractivity contribution in [2.24, 2.45) is 23.2 Å². The molecule has 2 aromatic rings. The van der Waals surface area contributed by atoms with Crippen LogP contribution in [0.1, 0.15) is 38.7 Å². The Hall–Kier alpha value is -1.77. The molecule has 0 N–H and O–H groups in total. The second-order valence-electron chi connectivity index (χ2n) is 8.14. The highest BCUT2D eigenvalue weighted by Crippen LogP contribution is 2.65. The second-order valence-corrected chi connectivity index (χ2v) is 8.14.